The summed E-state index contributed by atoms with van der Waals surface area (Å²) in [6.07, 6.45) is 2.38. The summed E-state index contributed by atoms with van der Waals surface area (Å²) in [4.78, 5) is 2.15. The summed E-state index contributed by atoms with van der Waals surface area (Å²) in [6.45, 7) is 3.27. The van der Waals surface area contributed by atoms with E-state index in [9.17, 15) is 5.11 Å². The molecule has 106 valence electrons. The van der Waals surface area contributed by atoms with E-state index in [0.717, 1.165) is 18.7 Å². The maximum atomic E-state index is 9.85. The van der Waals surface area contributed by atoms with Crippen molar-refractivity contribution in [3.05, 3.63) is 28.8 Å². The van der Waals surface area contributed by atoms with Crippen molar-refractivity contribution >= 4 is 11.6 Å². The zero-order valence-electron chi connectivity index (χ0n) is 11.0. The Bertz CT molecular complexity index is 408. The molecule has 0 aliphatic carbocycles. The number of phenolic OH excluding ortho intramolecular Hbond substituents is 1. The van der Waals surface area contributed by atoms with Crippen LogP contribution in [0.4, 0.5) is 0 Å². The van der Waals surface area contributed by atoms with Gasteiger partial charge in [-0.15, -0.1) is 0 Å². The number of aliphatic hydroxyl groups is 1. The molecule has 1 atom stereocenters. The van der Waals surface area contributed by atoms with Crippen molar-refractivity contribution in [1.82, 2.24) is 10.2 Å². The lowest BCUT2D eigenvalue weighted by Gasteiger charge is -2.25. The average molecular weight is 285 g/mol. The molecule has 19 heavy (non-hydrogen) atoms. The molecule has 0 aromatic heterocycles. The summed E-state index contributed by atoms with van der Waals surface area (Å²) in [6, 6.07) is 5.55. The summed E-state index contributed by atoms with van der Waals surface area (Å²) in [5.74, 6) is 0.256. The molecule has 2 rings (SSSR count). The van der Waals surface area contributed by atoms with Crippen molar-refractivity contribution in [2.45, 2.75) is 25.4 Å². The zero-order chi connectivity index (χ0) is 13.7. The van der Waals surface area contributed by atoms with Crippen LogP contribution in [0.5, 0.6) is 5.75 Å². The quantitative estimate of drug-likeness (QED) is 0.743. The first-order chi connectivity index (χ1) is 9.19. The van der Waals surface area contributed by atoms with Crippen molar-refractivity contribution in [2.75, 3.05) is 26.2 Å². The molecule has 0 radical (unpaired) electrons. The summed E-state index contributed by atoms with van der Waals surface area (Å²) in [5.41, 5.74) is 0.805. The van der Waals surface area contributed by atoms with E-state index in [-0.39, 0.29) is 12.4 Å². The van der Waals surface area contributed by atoms with E-state index < -0.39 is 0 Å². The predicted octanol–water partition coefficient (Wildman–Crippen LogP) is 1.59. The maximum absolute atomic E-state index is 9.85. The monoisotopic (exact) mass is 284 g/mol. The first-order valence-electron chi connectivity index (χ1n) is 6.73. The summed E-state index contributed by atoms with van der Waals surface area (Å²) >= 11 is 5.96. The van der Waals surface area contributed by atoms with Crippen molar-refractivity contribution in [3.63, 3.8) is 0 Å². The van der Waals surface area contributed by atoms with Crippen molar-refractivity contribution in [3.8, 4) is 5.75 Å². The van der Waals surface area contributed by atoms with E-state index in [1.165, 1.54) is 12.8 Å². The third-order valence-electron chi connectivity index (χ3n) is 3.49. The van der Waals surface area contributed by atoms with Gasteiger partial charge in [-0.05, 0) is 37.6 Å². The number of nitrogens with one attached hydrogen (secondary N) is 1. The third-order valence-corrected chi connectivity index (χ3v) is 3.73. The molecule has 0 bridgehead atoms. The Morgan fingerprint density at radius 1 is 1.42 bits per heavy atom. The van der Waals surface area contributed by atoms with Crippen LogP contribution in [0, 0.1) is 0 Å². The summed E-state index contributed by atoms with van der Waals surface area (Å²) in [5, 5.41) is 23.1. The maximum Gasteiger partial charge on any atom is 0.120 e. The molecule has 1 aromatic carbocycles. The van der Waals surface area contributed by atoms with Crippen molar-refractivity contribution in [2.24, 2.45) is 0 Å². The summed E-state index contributed by atoms with van der Waals surface area (Å²) < 4.78 is 0. The fraction of sp³-hybridized carbons (Fsp3) is 0.571. The van der Waals surface area contributed by atoms with Crippen LogP contribution in [0.25, 0.3) is 0 Å². The lowest BCUT2D eigenvalue weighted by molar-refractivity contribution is 0.178. The Labute approximate surface area is 119 Å². The number of hydrogen-bond acceptors (Lipinski definition) is 4. The molecule has 1 unspecified atom stereocenters. The molecule has 1 heterocycles. The Kier molecular flexibility index (Phi) is 5.45. The van der Waals surface area contributed by atoms with Gasteiger partial charge in [-0.25, -0.2) is 0 Å². The number of phenols is 1. The second-order valence-corrected chi connectivity index (χ2v) is 5.46. The smallest absolute Gasteiger partial charge is 0.120 e. The molecular weight excluding hydrogens is 264 g/mol. The van der Waals surface area contributed by atoms with Gasteiger partial charge in [0.1, 0.15) is 5.75 Å². The fourth-order valence-corrected chi connectivity index (χ4v) is 2.72. The number of hydrogen-bond donors (Lipinski definition) is 3. The number of nitrogens with zero attached hydrogens (tertiary/aromatic N) is 1. The van der Waals surface area contributed by atoms with Gasteiger partial charge in [0, 0.05) is 36.3 Å². The second-order valence-electron chi connectivity index (χ2n) is 5.03. The standard InChI is InChI=1S/C14H21ClN2O2/c15-12-3-4-14(19)11(8-12)9-17(6-7-18)10-13-2-1-5-16-13/h3-4,8,13,16,18-19H,1-2,5-7,9-10H2. The highest BCUT2D eigenvalue weighted by atomic mass is 35.5. The van der Waals surface area contributed by atoms with Crippen LogP contribution in [0.1, 0.15) is 18.4 Å². The van der Waals surface area contributed by atoms with Gasteiger partial charge in [-0.2, -0.15) is 0 Å². The normalized spacial score (nSPS) is 19.2. The minimum atomic E-state index is 0.119. The van der Waals surface area contributed by atoms with Crippen LogP contribution in [-0.2, 0) is 6.54 Å². The van der Waals surface area contributed by atoms with E-state index in [1.807, 2.05) is 0 Å². The minimum absolute atomic E-state index is 0.119. The van der Waals surface area contributed by atoms with E-state index in [2.05, 4.69) is 10.2 Å². The molecule has 1 aliphatic heterocycles. The second kappa shape index (κ2) is 7.10. The molecule has 0 amide bonds. The summed E-state index contributed by atoms with van der Waals surface area (Å²) in [7, 11) is 0. The van der Waals surface area contributed by atoms with Crippen LogP contribution < -0.4 is 5.32 Å². The lowest BCUT2D eigenvalue weighted by Crippen LogP contribution is -2.38. The van der Waals surface area contributed by atoms with Gasteiger partial charge >= 0.3 is 0 Å². The highest BCUT2D eigenvalue weighted by Gasteiger charge is 2.18. The predicted molar refractivity (Wildman–Crippen MR) is 76.5 cm³/mol. The largest absolute Gasteiger partial charge is 0.508 e. The number of aliphatic hydroxyl groups excluding tert-OH is 1. The molecule has 1 aromatic rings. The van der Waals surface area contributed by atoms with E-state index >= 15 is 0 Å². The highest BCUT2D eigenvalue weighted by molar-refractivity contribution is 6.30. The Hall–Kier alpha value is -0.810. The Morgan fingerprint density at radius 2 is 2.26 bits per heavy atom. The molecule has 1 fully saturated rings. The number of rotatable bonds is 6. The molecule has 0 saturated carbocycles. The molecule has 1 aliphatic rings. The SMILES string of the molecule is OCCN(Cc1cc(Cl)ccc1O)CC1CCCN1. The third kappa shape index (κ3) is 4.35. The number of aromatic hydroxyl groups is 1. The van der Waals surface area contributed by atoms with Crippen LogP contribution in [0.2, 0.25) is 5.02 Å². The lowest BCUT2D eigenvalue weighted by atomic mass is 10.1. The molecule has 3 N–H and O–H groups in total. The first kappa shape index (κ1) is 14.6. The van der Waals surface area contributed by atoms with E-state index in [0.29, 0.717) is 24.2 Å². The van der Waals surface area contributed by atoms with Gasteiger partial charge in [-0.3, -0.25) is 4.90 Å². The van der Waals surface area contributed by atoms with Crippen molar-refractivity contribution in [1.29, 1.82) is 0 Å². The minimum Gasteiger partial charge on any atom is -0.508 e. The fourth-order valence-electron chi connectivity index (χ4n) is 2.52. The first-order valence-corrected chi connectivity index (χ1v) is 7.11. The molecular formula is C14H21ClN2O2. The van der Waals surface area contributed by atoms with Gasteiger partial charge < -0.3 is 15.5 Å². The molecule has 0 spiro atoms. The van der Waals surface area contributed by atoms with E-state index in [1.54, 1.807) is 18.2 Å². The highest BCUT2D eigenvalue weighted by Crippen LogP contribution is 2.23. The van der Waals surface area contributed by atoms with E-state index in [4.69, 9.17) is 16.7 Å². The van der Waals surface area contributed by atoms with Gasteiger partial charge in [0.2, 0.25) is 0 Å². The average Bonchev–Trinajstić information content (AvgIpc) is 2.87. The topological polar surface area (TPSA) is 55.7 Å². The molecule has 1 saturated heterocycles. The Morgan fingerprint density at radius 3 is 2.95 bits per heavy atom. The number of halogens is 1. The van der Waals surface area contributed by atoms with Gasteiger partial charge in [0.15, 0.2) is 0 Å². The molecule has 5 heteroatoms. The van der Waals surface area contributed by atoms with Crippen LogP contribution in [0.3, 0.4) is 0 Å². The van der Waals surface area contributed by atoms with Gasteiger partial charge in [0.25, 0.3) is 0 Å². The Balaban J connectivity index is 2.00. The zero-order valence-corrected chi connectivity index (χ0v) is 11.7. The van der Waals surface area contributed by atoms with Gasteiger partial charge in [-0.1, -0.05) is 11.6 Å². The van der Waals surface area contributed by atoms with Crippen LogP contribution in [0.15, 0.2) is 18.2 Å². The number of benzene rings is 1. The van der Waals surface area contributed by atoms with Crippen LogP contribution >= 0.6 is 11.6 Å². The van der Waals surface area contributed by atoms with Crippen molar-refractivity contribution < 1.29 is 10.2 Å². The van der Waals surface area contributed by atoms with Gasteiger partial charge in [0.05, 0.1) is 6.61 Å². The van der Waals surface area contributed by atoms with Crippen LogP contribution in [-0.4, -0.2) is 47.4 Å². The molecule has 4 nitrogen and oxygen atoms in total.